The Bertz CT molecular complexity index is 651. The van der Waals surface area contributed by atoms with E-state index in [0.717, 1.165) is 43.0 Å². The molecule has 0 atom stereocenters. The fraction of sp³-hybridized carbons (Fsp3) is 0.438. The number of hydrogen-bond acceptors (Lipinski definition) is 4. The van der Waals surface area contributed by atoms with Gasteiger partial charge in [-0.2, -0.15) is 0 Å². The smallest absolute Gasteiger partial charge is 0.256 e. The number of benzene rings is 1. The molecule has 116 valence electrons. The van der Waals surface area contributed by atoms with Crippen molar-refractivity contribution in [3.63, 3.8) is 0 Å². The Morgan fingerprint density at radius 2 is 2.18 bits per heavy atom. The molecule has 2 heterocycles. The van der Waals surface area contributed by atoms with Gasteiger partial charge in [0.1, 0.15) is 6.33 Å². The molecule has 0 bridgehead atoms. The topological polar surface area (TPSA) is 63.1 Å². The van der Waals surface area contributed by atoms with Crippen LogP contribution in [0.2, 0.25) is 0 Å². The number of nitrogens with one attached hydrogen (secondary N) is 1. The Morgan fingerprint density at radius 1 is 1.32 bits per heavy atom. The molecule has 3 rings (SSSR count). The van der Waals surface area contributed by atoms with Gasteiger partial charge in [0, 0.05) is 25.3 Å². The first-order valence-electron chi connectivity index (χ1n) is 7.78. The van der Waals surface area contributed by atoms with Crippen molar-refractivity contribution in [2.24, 2.45) is 0 Å². The lowest BCUT2D eigenvalue weighted by Crippen LogP contribution is -2.38. The van der Waals surface area contributed by atoms with Gasteiger partial charge in [0.25, 0.3) is 5.91 Å². The van der Waals surface area contributed by atoms with Crippen molar-refractivity contribution >= 4 is 11.6 Å². The number of carbonyl (C=O) groups is 1. The SMILES string of the molecule is CCCCNc1ccccc1C(=O)N1CCn2cnnc2C1. The zero-order valence-electron chi connectivity index (χ0n) is 12.8. The Morgan fingerprint density at radius 3 is 3.05 bits per heavy atom. The molecule has 1 aliphatic heterocycles. The largest absolute Gasteiger partial charge is 0.384 e. The highest BCUT2D eigenvalue weighted by atomic mass is 16.2. The average molecular weight is 299 g/mol. The predicted octanol–water partition coefficient (Wildman–Crippen LogP) is 2.15. The van der Waals surface area contributed by atoms with Crippen molar-refractivity contribution in [1.29, 1.82) is 0 Å². The molecule has 0 aliphatic carbocycles. The molecule has 1 amide bonds. The first-order valence-corrected chi connectivity index (χ1v) is 7.78. The van der Waals surface area contributed by atoms with Crippen molar-refractivity contribution in [2.45, 2.75) is 32.9 Å². The van der Waals surface area contributed by atoms with Crippen LogP contribution in [0.25, 0.3) is 0 Å². The van der Waals surface area contributed by atoms with Crippen molar-refractivity contribution < 1.29 is 4.79 Å². The Kier molecular flexibility index (Phi) is 4.37. The molecule has 1 aromatic carbocycles. The van der Waals surface area contributed by atoms with Crippen LogP contribution in [-0.2, 0) is 13.1 Å². The monoisotopic (exact) mass is 299 g/mol. The molecule has 0 saturated carbocycles. The van der Waals surface area contributed by atoms with Crippen LogP contribution in [0.4, 0.5) is 5.69 Å². The summed E-state index contributed by atoms with van der Waals surface area (Å²) in [6, 6.07) is 7.72. The van der Waals surface area contributed by atoms with E-state index in [-0.39, 0.29) is 5.91 Å². The van der Waals surface area contributed by atoms with E-state index >= 15 is 0 Å². The van der Waals surface area contributed by atoms with E-state index in [1.807, 2.05) is 33.7 Å². The Hall–Kier alpha value is -2.37. The quantitative estimate of drug-likeness (QED) is 0.859. The standard InChI is InChI=1S/C16H21N5O/c1-2-3-8-17-14-7-5-4-6-13(14)16(22)20-9-10-21-12-18-19-15(21)11-20/h4-7,12,17H,2-3,8-11H2,1H3. The van der Waals surface area contributed by atoms with E-state index < -0.39 is 0 Å². The summed E-state index contributed by atoms with van der Waals surface area (Å²) in [5, 5.41) is 11.3. The van der Waals surface area contributed by atoms with Crippen molar-refractivity contribution in [2.75, 3.05) is 18.4 Å². The normalized spacial score (nSPS) is 13.8. The van der Waals surface area contributed by atoms with E-state index in [2.05, 4.69) is 22.4 Å². The molecular formula is C16H21N5O. The first-order chi connectivity index (χ1) is 10.8. The highest BCUT2D eigenvalue weighted by Gasteiger charge is 2.24. The molecule has 1 aliphatic rings. The van der Waals surface area contributed by atoms with Gasteiger partial charge in [0.2, 0.25) is 0 Å². The molecule has 0 radical (unpaired) electrons. The number of amides is 1. The van der Waals surface area contributed by atoms with Crippen LogP contribution in [0, 0.1) is 0 Å². The third-order valence-corrected chi connectivity index (χ3v) is 3.93. The Labute approximate surface area is 130 Å². The minimum Gasteiger partial charge on any atom is -0.384 e. The molecular weight excluding hydrogens is 278 g/mol. The molecule has 0 saturated heterocycles. The zero-order valence-corrected chi connectivity index (χ0v) is 12.8. The van der Waals surface area contributed by atoms with Crippen LogP contribution in [0.15, 0.2) is 30.6 Å². The summed E-state index contributed by atoms with van der Waals surface area (Å²) in [5.74, 6) is 0.893. The number of hydrogen-bond donors (Lipinski definition) is 1. The van der Waals surface area contributed by atoms with Crippen LogP contribution < -0.4 is 5.32 Å². The summed E-state index contributed by atoms with van der Waals surface area (Å²) in [5.41, 5.74) is 1.64. The number of fused-ring (bicyclic) bond motifs is 1. The number of para-hydroxylation sites is 1. The number of aromatic nitrogens is 3. The van der Waals surface area contributed by atoms with Crippen molar-refractivity contribution in [3.05, 3.63) is 42.0 Å². The number of unbranched alkanes of at least 4 members (excludes halogenated alkanes) is 1. The van der Waals surface area contributed by atoms with Gasteiger partial charge in [-0.15, -0.1) is 10.2 Å². The molecule has 6 nitrogen and oxygen atoms in total. The molecule has 0 unspecified atom stereocenters. The number of nitrogens with zero attached hydrogens (tertiary/aromatic N) is 4. The van der Waals surface area contributed by atoms with Crippen LogP contribution in [-0.4, -0.2) is 38.7 Å². The third kappa shape index (κ3) is 2.95. The van der Waals surface area contributed by atoms with Crippen molar-refractivity contribution in [1.82, 2.24) is 19.7 Å². The zero-order chi connectivity index (χ0) is 15.4. The van der Waals surface area contributed by atoms with Gasteiger partial charge in [-0.05, 0) is 18.6 Å². The summed E-state index contributed by atoms with van der Waals surface area (Å²) in [6.07, 6.45) is 3.94. The Balaban J connectivity index is 1.75. The second-order valence-electron chi connectivity index (χ2n) is 5.49. The van der Waals surface area contributed by atoms with Gasteiger partial charge in [-0.3, -0.25) is 4.79 Å². The number of rotatable bonds is 5. The lowest BCUT2D eigenvalue weighted by Gasteiger charge is -2.27. The molecule has 1 N–H and O–H groups in total. The molecule has 0 spiro atoms. The van der Waals surface area contributed by atoms with Crippen molar-refractivity contribution in [3.8, 4) is 0 Å². The minimum absolute atomic E-state index is 0.0499. The lowest BCUT2D eigenvalue weighted by atomic mass is 10.1. The van der Waals surface area contributed by atoms with Gasteiger partial charge in [-0.25, -0.2) is 0 Å². The highest BCUT2D eigenvalue weighted by Crippen LogP contribution is 2.20. The van der Waals surface area contributed by atoms with E-state index in [1.165, 1.54) is 0 Å². The molecule has 6 heteroatoms. The molecule has 0 fully saturated rings. The lowest BCUT2D eigenvalue weighted by molar-refractivity contribution is 0.0708. The number of carbonyl (C=O) groups excluding carboxylic acids is 1. The first kappa shape index (κ1) is 14.6. The fourth-order valence-electron chi connectivity index (χ4n) is 2.63. The van der Waals surface area contributed by atoms with Crippen LogP contribution in [0.1, 0.15) is 35.9 Å². The maximum absolute atomic E-state index is 12.8. The fourth-order valence-corrected chi connectivity index (χ4v) is 2.63. The van der Waals surface area contributed by atoms with Gasteiger partial charge in [0.15, 0.2) is 5.82 Å². The van der Waals surface area contributed by atoms with Crippen LogP contribution >= 0.6 is 0 Å². The van der Waals surface area contributed by atoms with E-state index in [0.29, 0.717) is 13.1 Å². The summed E-state index contributed by atoms with van der Waals surface area (Å²) >= 11 is 0. The second kappa shape index (κ2) is 6.60. The van der Waals surface area contributed by atoms with Gasteiger partial charge >= 0.3 is 0 Å². The van der Waals surface area contributed by atoms with Crippen LogP contribution in [0.5, 0.6) is 0 Å². The van der Waals surface area contributed by atoms with Gasteiger partial charge < -0.3 is 14.8 Å². The summed E-state index contributed by atoms with van der Waals surface area (Å²) in [7, 11) is 0. The molecule has 1 aromatic heterocycles. The second-order valence-corrected chi connectivity index (χ2v) is 5.49. The maximum atomic E-state index is 12.8. The predicted molar refractivity (Wildman–Crippen MR) is 84.6 cm³/mol. The van der Waals surface area contributed by atoms with E-state index in [4.69, 9.17) is 0 Å². The summed E-state index contributed by atoms with van der Waals surface area (Å²) in [6.45, 7) is 4.99. The van der Waals surface area contributed by atoms with E-state index in [1.54, 1.807) is 6.33 Å². The average Bonchev–Trinajstić information content (AvgIpc) is 3.02. The van der Waals surface area contributed by atoms with Gasteiger partial charge in [-0.1, -0.05) is 25.5 Å². The van der Waals surface area contributed by atoms with E-state index in [9.17, 15) is 4.79 Å². The minimum atomic E-state index is 0.0499. The highest BCUT2D eigenvalue weighted by molar-refractivity contribution is 5.99. The maximum Gasteiger partial charge on any atom is 0.256 e. The van der Waals surface area contributed by atoms with Crippen LogP contribution in [0.3, 0.4) is 0 Å². The molecule has 2 aromatic rings. The number of anilines is 1. The summed E-state index contributed by atoms with van der Waals surface area (Å²) < 4.78 is 2.00. The molecule has 22 heavy (non-hydrogen) atoms. The summed E-state index contributed by atoms with van der Waals surface area (Å²) in [4.78, 5) is 14.7. The third-order valence-electron chi connectivity index (χ3n) is 3.93. The van der Waals surface area contributed by atoms with Gasteiger partial charge in [0.05, 0.1) is 12.1 Å².